The van der Waals surface area contributed by atoms with E-state index in [1.54, 1.807) is 30.2 Å². The largest absolute Gasteiger partial charge is 0.327 e. The number of carbonyl (C=O) groups is 1. The smallest absolute Gasteiger partial charge is 0.283 e. The van der Waals surface area contributed by atoms with Crippen molar-refractivity contribution in [3.8, 4) is 11.3 Å². The van der Waals surface area contributed by atoms with Crippen molar-refractivity contribution in [3.63, 3.8) is 0 Å². The van der Waals surface area contributed by atoms with Crippen LogP contribution in [0.25, 0.3) is 11.3 Å². The Kier molecular flexibility index (Phi) is 3.91. The van der Waals surface area contributed by atoms with Crippen LogP contribution in [0.15, 0.2) is 41.0 Å². The Morgan fingerprint density at radius 2 is 2.09 bits per heavy atom. The van der Waals surface area contributed by atoms with Crippen LogP contribution in [0.3, 0.4) is 0 Å². The Morgan fingerprint density at radius 3 is 2.74 bits per heavy atom. The zero-order valence-corrected chi connectivity index (χ0v) is 13.1. The minimum absolute atomic E-state index is 0.0566. The van der Waals surface area contributed by atoms with Crippen LogP contribution in [-0.4, -0.2) is 20.3 Å². The highest BCUT2D eigenvalue weighted by Crippen LogP contribution is 2.25. The fourth-order valence-corrected chi connectivity index (χ4v) is 2.84. The van der Waals surface area contributed by atoms with Crippen LogP contribution in [0.5, 0.6) is 0 Å². The molecule has 3 rings (SSSR count). The van der Waals surface area contributed by atoms with Gasteiger partial charge in [0.1, 0.15) is 17.3 Å². The molecule has 3 aromatic rings. The molecule has 0 unspecified atom stereocenters. The maximum absolute atomic E-state index is 14.0. The summed E-state index contributed by atoms with van der Waals surface area (Å²) in [7, 11) is 3.39. The Balaban J connectivity index is 2.11. The van der Waals surface area contributed by atoms with Crippen molar-refractivity contribution in [2.45, 2.75) is 0 Å². The molecular formula is C15H12F2N4OS. The van der Waals surface area contributed by atoms with E-state index >= 15 is 0 Å². The van der Waals surface area contributed by atoms with Crippen LogP contribution < -0.4 is 4.80 Å². The van der Waals surface area contributed by atoms with Crippen LogP contribution in [0.4, 0.5) is 8.78 Å². The summed E-state index contributed by atoms with van der Waals surface area (Å²) < 4.78 is 30.2. The Labute approximate surface area is 134 Å². The summed E-state index contributed by atoms with van der Waals surface area (Å²) in [4.78, 5) is 17.0. The second-order valence-electron chi connectivity index (χ2n) is 4.90. The molecule has 0 aliphatic heterocycles. The van der Waals surface area contributed by atoms with E-state index in [1.165, 1.54) is 28.3 Å². The highest BCUT2D eigenvalue weighted by molar-refractivity contribution is 7.07. The van der Waals surface area contributed by atoms with E-state index in [1.807, 2.05) is 0 Å². The van der Waals surface area contributed by atoms with Gasteiger partial charge in [-0.15, -0.1) is 11.3 Å². The molecule has 0 fully saturated rings. The van der Waals surface area contributed by atoms with Crippen molar-refractivity contribution in [1.29, 1.82) is 0 Å². The fraction of sp³-hybridized carbons (Fsp3) is 0.133. The van der Waals surface area contributed by atoms with Crippen LogP contribution in [-0.2, 0) is 14.1 Å². The van der Waals surface area contributed by atoms with E-state index in [9.17, 15) is 13.6 Å². The number of amides is 1. The molecule has 0 aliphatic carbocycles. The average molecular weight is 334 g/mol. The topological polar surface area (TPSA) is 52.2 Å². The fourth-order valence-electron chi connectivity index (χ4n) is 2.11. The quantitative estimate of drug-likeness (QED) is 0.723. The lowest BCUT2D eigenvalue weighted by Crippen LogP contribution is -2.12. The van der Waals surface area contributed by atoms with E-state index in [0.717, 1.165) is 12.1 Å². The van der Waals surface area contributed by atoms with Gasteiger partial charge in [0.15, 0.2) is 4.80 Å². The van der Waals surface area contributed by atoms with Gasteiger partial charge in [-0.1, -0.05) is 0 Å². The molecular weight excluding hydrogens is 322 g/mol. The number of aromatic nitrogens is 3. The van der Waals surface area contributed by atoms with Crippen molar-refractivity contribution in [2.75, 3.05) is 0 Å². The molecule has 0 N–H and O–H groups in total. The molecule has 5 nitrogen and oxygen atoms in total. The monoisotopic (exact) mass is 334 g/mol. The first-order valence-electron chi connectivity index (χ1n) is 6.64. The lowest BCUT2D eigenvalue weighted by molar-refractivity contribution is 0.0998. The average Bonchev–Trinajstić information content (AvgIpc) is 3.05. The third-order valence-corrected chi connectivity index (χ3v) is 4.05. The molecule has 0 saturated heterocycles. The van der Waals surface area contributed by atoms with Crippen LogP contribution in [0.1, 0.15) is 10.4 Å². The molecule has 0 saturated carbocycles. The number of aryl methyl sites for hydroxylation is 2. The van der Waals surface area contributed by atoms with Gasteiger partial charge < -0.3 is 4.57 Å². The standard InChI is InChI=1S/C15H12F2N4OS/c1-20-5-6-23-15(20)18-14(22)11-8-21(2)19-13(11)10-4-3-9(16)7-12(10)17/h3-8H,1-2H3. The SMILES string of the molecule is Cn1cc(C(=O)N=c2sccn2C)c(-c2ccc(F)cc2F)n1. The normalized spacial score (nSPS) is 11.9. The molecule has 23 heavy (non-hydrogen) atoms. The van der Waals surface area contributed by atoms with Gasteiger partial charge in [0, 0.05) is 43.5 Å². The maximum atomic E-state index is 14.0. The molecule has 0 spiro atoms. The zero-order chi connectivity index (χ0) is 16.6. The van der Waals surface area contributed by atoms with Gasteiger partial charge >= 0.3 is 0 Å². The zero-order valence-electron chi connectivity index (χ0n) is 12.3. The van der Waals surface area contributed by atoms with Gasteiger partial charge in [-0.3, -0.25) is 9.48 Å². The van der Waals surface area contributed by atoms with Crippen molar-refractivity contribution in [3.05, 3.63) is 58.0 Å². The minimum atomic E-state index is -0.778. The van der Waals surface area contributed by atoms with Gasteiger partial charge in [0.25, 0.3) is 5.91 Å². The van der Waals surface area contributed by atoms with Crippen LogP contribution >= 0.6 is 11.3 Å². The highest BCUT2D eigenvalue weighted by Gasteiger charge is 2.19. The highest BCUT2D eigenvalue weighted by atomic mass is 32.1. The minimum Gasteiger partial charge on any atom is -0.327 e. The van der Waals surface area contributed by atoms with Crippen molar-refractivity contribution >= 4 is 17.2 Å². The van der Waals surface area contributed by atoms with E-state index in [-0.39, 0.29) is 16.8 Å². The Morgan fingerprint density at radius 1 is 1.30 bits per heavy atom. The number of halogens is 2. The number of hydrogen-bond donors (Lipinski definition) is 0. The summed E-state index contributed by atoms with van der Waals surface area (Å²) in [6, 6.07) is 3.14. The molecule has 2 aromatic heterocycles. The number of rotatable bonds is 2. The molecule has 1 aromatic carbocycles. The predicted octanol–water partition coefficient (Wildman–Crippen LogP) is 2.51. The van der Waals surface area contributed by atoms with E-state index in [4.69, 9.17) is 0 Å². The number of carbonyl (C=O) groups excluding carboxylic acids is 1. The van der Waals surface area contributed by atoms with E-state index < -0.39 is 17.5 Å². The third kappa shape index (κ3) is 2.98. The number of hydrogen-bond acceptors (Lipinski definition) is 3. The summed E-state index contributed by atoms with van der Waals surface area (Å²) in [6.07, 6.45) is 3.25. The molecule has 0 bridgehead atoms. The lowest BCUT2D eigenvalue weighted by Gasteiger charge is -2.01. The number of benzene rings is 1. The molecule has 0 aliphatic rings. The summed E-state index contributed by atoms with van der Waals surface area (Å²) >= 11 is 1.31. The van der Waals surface area contributed by atoms with Gasteiger partial charge in [-0.25, -0.2) is 8.78 Å². The summed E-state index contributed by atoms with van der Waals surface area (Å²) in [5, 5.41) is 5.92. The molecule has 0 atom stereocenters. The van der Waals surface area contributed by atoms with Gasteiger partial charge in [-0.05, 0) is 12.1 Å². The summed E-state index contributed by atoms with van der Waals surface area (Å²) in [5.74, 6) is -2.00. The van der Waals surface area contributed by atoms with Crippen LogP contribution in [0.2, 0.25) is 0 Å². The molecule has 118 valence electrons. The number of thiazole rings is 1. The Hall–Kier alpha value is -2.61. The second kappa shape index (κ2) is 5.88. The molecule has 8 heteroatoms. The van der Waals surface area contributed by atoms with Crippen molar-refractivity contribution in [1.82, 2.24) is 14.3 Å². The van der Waals surface area contributed by atoms with E-state index in [2.05, 4.69) is 10.1 Å². The van der Waals surface area contributed by atoms with Crippen molar-refractivity contribution < 1.29 is 13.6 Å². The lowest BCUT2D eigenvalue weighted by atomic mass is 10.1. The molecule has 2 heterocycles. The first kappa shape index (κ1) is 15.3. The van der Waals surface area contributed by atoms with Crippen LogP contribution in [0, 0.1) is 11.6 Å². The van der Waals surface area contributed by atoms with Gasteiger partial charge in [0.2, 0.25) is 0 Å². The van der Waals surface area contributed by atoms with Gasteiger partial charge in [-0.2, -0.15) is 10.1 Å². The first-order valence-corrected chi connectivity index (χ1v) is 7.52. The van der Waals surface area contributed by atoms with Crippen molar-refractivity contribution in [2.24, 2.45) is 19.1 Å². The first-order chi connectivity index (χ1) is 11.0. The molecule has 1 amide bonds. The molecule has 0 radical (unpaired) electrons. The number of nitrogens with zero attached hydrogens (tertiary/aromatic N) is 4. The Bertz CT molecular complexity index is 955. The predicted molar refractivity (Wildman–Crippen MR) is 81.7 cm³/mol. The summed E-state index contributed by atoms with van der Waals surface area (Å²) in [6.45, 7) is 0. The summed E-state index contributed by atoms with van der Waals surface area (Å²) in [5.41, 5.74) is 0.352. The van der Waals surface area contributed by atoms with E-state index in [0.29, 0.717) is 4.80 Å². The van der Waals surface area contributed by atoms with Gasteiger partial charge in [0.05, 0.1) is 5.56 Å². The third-order valence-electron chi connectivity index (χ3n) is 3.20. The second-order valence-corrected chi connectivity index (χ2v) is 5.78. The maximum Gasteiger partial charge on any atom is 0.283 e.